The highest BCUT2D eigenvalue weighted by Crippen LogP contribution is 2.31. The third-order valence-electron chi connectivity index (χ3n) is 5.37. The molecule has 0 saturated carbocycles. The lowest BCUT2D eigenvalue weighted by molar-refractivity contribution is 0.0915. The topological polar surface area (TPSA) is 109 Å². The molecule has 2 atom stereocenters. The van der Waals surface area contributed by atoms with Gasteiger partial charge in [0.2, 0.25) is 0 Å². The SMILES string of the molecule is CCS(=O)(=O)c1ccc([C@H](CO)NC(=O)c2cnc3c(c2)CN(C)[C@@H]3COC)cc1. The molecule has 162 valence electrons. The zero-order chi connectivity index (χ0) is 21.9. The first-order chi connectivity index (χ1) is 14.3. The molecule has 2 N–H and O–H groups in total. The Morgan fingerprint density at radius 3 is 2.67 bits per heavy atom. The summed E-state index contributed by atoms with van der Waals surface area (Å²) in [5.41, 5.74) is 2.91. The number of carbonyl (C=O) groups is 1. The fourth-order valence-corrected chi connectivity index (χ4v) is 4.46. The number of likely N-dealkylation sites (N-methyl/N-ethyl adjacent to an activating group) is 1. The molecule has 0 bridgehead atoms. The Hall–Kier alpha value is -2.33. The number of aliphatic hydroxyl groups excluding tert-OH is 1. The van der Waals surface area contributed by atoms with Crippen LogP contribution in [0.1, 0.15) is 46.2 Å². The number of aromatic nitrogens is 1. The number of carbonyl (C=O) groups excluding carboxylic acids is 1. The molecule has 9 heteroatoms. The Morgan fingerprint density at radius 1 is 1.37 bits per heavy atom. The van der Waals surface area contributed by atoms with E-state index in [0.29, 0.717) is 24.3 Å². The van der Waals surface area contributed by atoms with Crippen molar-refractivity contribution in [3.05, 3.63) is 58.9 Å². The van der Waals surface area contributed by atoms with Crippen LogP contribution >= 0.6 is 0 Å². The van der Waals surface area contributed by atoms with Crippen molar-refractivity contribution in [3.63, 3.8) is 0 Å². The lowest BCUT2D eigenvalue weighted by atomic mass is 10.1. The average Bonchev–Trinajstić information content (AvgIpc) is 3.06. The van der Waals surface area contributed by atoms with Crippen molar-refractivity contribution in [2.24, 2.45) is 0 Å². The van der Waals surface area contributed by atoms with Gasteiger partial charge in [-0.1, -0.05) is 19.1 Å². The van der Waals surface area contributed by atoms with Crippen LogP contribution in [-0.4, -0.2) is 62.4 Å². The molecule has 0 fully saturated rings. The number of ether oxygens (including phenoxy) is 1. The standard InChI is InChI=1S/C21H27N3O5S/c1-4-30(27,28)17-7-5-14(6-8-17)18(12-25)23-21(26)15-9-16-11-24(2)19(13-29-3)20(16)22-10-15/h5-10,18-19,25H,4,11-13H2,1-3H3,(H,23,26)/t18-,19+/m0/s1. The monoisotopic (exact) mass is 433 g/mol. The van der Waals surface area contributed by atoms with E-state index in [2.05, 4.69) is 15.2 Å². The summed E-state index contributed by atoms with van der Waals surface area (Å²) in [5, 5.41) is 12.6. The second kappa shape index (κ2) is 9.22. The van der Waals surface area contributed by atoms with Gasteiger partial charge in [-0.2, -0.15) is 0 Å². The zero-order valence-corrected chi connectivity index (χ0v) is 18.1. The van der Waals surface area contributed by atoms with Gasteiger partial charge >= 0.3 is 0 Å². The first kappa shape index (κ1) is 22.4. The normalized spacial score (nSPS) is 17.5. The summed E-state index contributed by atoms with van der Waals surface area (Å²) in [5.74, 6) is -0.342. The van der Waals surface area contributed by atoms with Crippen LogP contribution < -0.4 is 5.32 Å². The molecular weight excluding hydrogens is 406 g/mol. The lowest BCUT2D eigenvalue weighted by Gasteiger charge is -2.18. The van der Waals surface area contributed by atoms with Gasteiger partial charge in [-0.15, -0.1) is 0 Å². The van der Waals surface area contributed by atoms with Gasteiger partial charge in [0.1, 0.15) is 0 Å². The van der Waals surface area contributed by atoms with Gasteiger partial charge in [-0.25, -0.2) is 8.42 Å². The minimum Gasteiger partial charge on any atom is -0.394 e. The van der Waals surface area contributed by atoms with Gasteiger partial charge in [0.15, 0.2) is 9.84 Å². The van der Waals surface area contributed by atoms with Crippen LogP contribution in [0.3, 0.4) is 0 Å². The molecule has 1 amide bonds. The van der Waals surface area contributed by atoms with Crippen LogP contribution in [0.2, 0.25) is 0 Å². The zero-order valence-electron chi connectivity index (χ0n) is 17.3. The minimum atomic E-state index is -3.30. The predicted molar refractivity (Wildman–Crippen MR) is 112 cm³/mol. The van der Waals surface area contributed by atoms with Crippen molar-refractivity contribution in [3.8, 4) is 0 Å². The van der Waals surface area contributed by atoms with E-state index >= 15 is 0 Å². The highest BCUT2D eigenvalue weighted by atomic mass is 32.2. The number of methoxy groups -OCH3 is 1. The molecule has 8 nitrogen and oxygen atoms in total. The average molecular weight is 434 g/mol. The maximum Gasteiger partial charge on any atom is 0.253 e. The summed E-state index contributed by atoms with van der Waals surface area (Å²) in [4.78, 5) is 19.6. The number of hydrogen-bond donors (Lipinski definition) is 2. The van der Waals surface area contributed by atoms with Gasteiger partial charge < -0.3 is 15.2 Å². The van der Waals surface area contributed by atoms with Gasteiger partial charge in [-0.3, -0.25) is 14.7 Å². The van der Waals surface area contributed by atoms with E-state index in [1.807, 2.05) is 13.1 Å². The number of sulfone groups is 1. The van der Waals surface area contributed by atoms with Crippen LogP contribution in [0, 0.1) is 0 Å². The van der Waals surface area contributed by atoms with Crippen LogP contribution in [0.15, 0.2) is 41.4 Å². The molecular formula is C21H27N3O5S. The number of benzene rings is 1. The first-order valence-electron chi connectivity index (χ1n) is 9.73. The van der Waals surface area contributed by atoms with Gasteiger partial charge in [-0.05, 0) is 36.4 Å². The van der Waals surface area contributed by atoms with E-state index in [1.54, 1.807) is 26.2 Å². The third-order valence-corrected chi connectivity index (χ3v) is 7.12. The molecule has 3 rings (SSSR count). The number of rotatable bonds is 8. The summed E-state index contributed by atoms with van der Waals surface area (Å²) >= 11 is 0. The summed E-state index contributed by atoms with van der Waals surface area (Å²) < 4.78 is 29.2. The molecule has 2 aromatic rings. The third kappa shape index (κ3) is 4.54. The van der Waals surface area contributed by atoms with Crippen LogP contribution in [0.25, 0.3) is 0 Å². The maximum absolute atomic E-state index is 12.8. The summed E-state index contributed by atoms with van der Waals surface area (Å²) in [7, 11) is 0.324. The van der Waals surface area contributed by atoms with Crippen molar-refractivity contribution in [2.45, 2.75) is 30.4 Å². The van der Waals surface area contributed by atoms with Crippen molar-refractivity contribution >= 4 is 15.7 Å². The number of fused-ring (bicyclic) bond motifs is 1. The van der Waals surface area contributed by atoms with Crippen molar-refractivity contribution in [1.82, 2.24) is 15.2 Å². The van der Waals surface area contributed by atoms with Crippen molar-refractivity contribution in [2.75, 3.05) is 33.1 Å². The number of nitrogens with one attached hydrogen (secondary N) is 1. The van der Waals surface area contributed by atoms with E-state index in [1.165, 1.54) is 18.3 Å². The number of nitrogens with zero attached hydrogens (tertiary/aromatic N) is 2. The first-order valence-corrected chi connectivity index (χ1v) is 11.4. The molecule has 1 aliphatic heterocycles. The molecule has 1 aromatic heterocycles. The van der Waals surface area contributed by atoms with E-state index in [0.717, 1.165) is 11.3 Å². The Labute approximate surface area is 176 Å². The van der Waals surface area contributed by atoms with Crippen LogP contribution in [-0.2, 0) is 21.1 Å². The number of hydrogen-bond acceptors (Lipinski definition) is 7. The summed E-state index contributed by atoms with van der Waals surface area (Å²) in [6.07, 6.45) is 1.53. The Bertz CT molecular complexity index is 1010. The molecule has 2 heterocycles. The Morgan fingerprint density at radius 2 is 2.07 bits per heavy atom. The highest BCUT2D eigenvalue weighted by Gasteiger charge is 2.29. The predicted octanol–water partition coefficient (Wildman–Crippen LogP) is 1.47. The smallest absolute Gasteiger partial charge is 0.253 e. The second-order valence-corrected chi connectivity index (χ2v) is 9.61. The molecule has 30 heavy (non-hydrogen) atoms. The fraction of sp³-hybridized carbons (Fsp3) is 0.429. The van der Waals surface area contributed by atoms with E-state index in [4.69, 9.17) is 4.74 Å². The van der Waals surface area contributed by atoms with Crippen molar-refractivity contribution in [1.29, 1.82) is 0 Å². The molecule has 1 aliphatic rings. The maximum atomic E-state index is 12.8. The molecule has 0 saturated heterocycles. The Kier molecular flexibility index (Phi) is 6.87. The number of amides is 1. The molecule has 1 aromatic carbocycles. The molecule has 0 aliphatic carbocycles. The van der Waals surface area contributed by atoms with E-state index in [-0.39, 0.29) is 29.2 Å². The van der Waals surface area contributed by atoms with Gasteiger partial charge in [0.25, 0.3) is 5.91 Å². The minimum absolute atomic E-state index is 0.0122. The number of aliphatic hydroxyl groups is 1. The quantitative estimate of drug-likeness (QED) is 0.649. The largest absolute Gasteiger partial charge is 0.394 e. The van der Waals surface area contributed by atoms with Crippen molar-refractivity contribution < 1.29 is 23.1 Å². The van der Waals surface area contributed by atoms with Crippen LogP contribution in [0.5, 0.6) is 0 Å². The van der Waals surface area contributed by atoms with E-state index < -0.39 is 15.9 Å². The Balaban J connectivity index is 1.76. The summed E-state index contributed by atoms with van der Waals surface area (Å²) in [6, 6.07) is 7.41. The lowest BCUT2D eigenvalue weighted by Crippen LogP contribution is -2.31. The molecule has 0 radical (unpaired) electrons. The van der Waals surface area contributed by atoms with Gasteiger partial charge in [0, 0.05) is 19.9 Å². The number of pyridine rings is 1. The van der Waals surface area contributed by atoms with Crippen LogP contribution in [0.4, 0.5) is 0 Å². The summed E-state index contributed by atoms with van der Waals surface area (Å²) in [6.45, 7) is 2.47. The fourth-order valence-electron chi connectivity index (χ4n) is 3.57. The van der Waals surface area contributed by atoms with Gasteiger partial charge in [0.05, 0.1) is 47.2 Å². The molecule has 0 unspecified atom stereocenters. The second-order valence-electron chi connectivity index (χ2n) is 7.34. The van der Waals surface area contributed by atoms with E-state index in [9.17, 15) is 18.3 Å². The highest BCUT2D eigenvalue weighted by molar-refractivity contribution is 7.91. The molecule has 0 spiro atoms.